The van der Waals surface area contributed by atoms with Gasteiger partial charge in [-0.2, -0.15) is 17.0 Å². The Morgan fingerprint density at radius 2 is 2.26 bits per heavy atom. The van der Waals surface area contributed by atoms with E-state index in [1.165, 1.54) is 23.9 Å². The molecular formula is C12H13FN2O2S2. The van der Waals surface area contributed by atoms with Crippen LogP contribution in [-0.4, -0.2) is 26.5 Å². The third-order valence-corrected chi connectivity index (χ3v) is 4.62. The zero-order chi connectivity index (χ0) is 14.3. The molecule has 1 aromatic rings. The summed E-state index contributed by atoms with van der Waals surface area (Å²) < 4.78 is 39.6. The third kappa shape index (κ3) is 4.35. The number of hydrogen-bond donors (Lipinski definition) is 1. The predicted molar refractivity (Wildman–Crippen MR) is 73.8 cm³/mol. The summed E-state index contributed by atoms with van der Waals surface area (Å²) in [5.41, 5.74) is -0.464. The Kier molecular flexibility index (Phi) is 6.02. The number of nitrogens with zero attached hydrogens (tertiary/aromatic N) is 1. The van der Waals surface area contributed by atoms with E-state index >= 15 is 0 Å². The highest BCUT2D eigenvalue weighted by atomic mass is 32.2. The van der Waals surface area contributed by atoms with Crippen LogP contribution in [0.4, 0.5) is 4.39 Å². The van der Waals surface area contributed by atoms with Gasteiger partial charge in [0.25, 0.3) is 0 Å². The summed E-state index contributed by atoms with van der Waals surface area (Å²) in [7, 11) is -3.86. The Balaban J connectivity index is 2.81. The zero-order valence-electron chi connectivity index (χ0n) is 10.1. The van der Waals surface area contributed by atoms with E-state index in [2.05, 4.69) is 11.3 Å². The minimum absolute atomic E-state index is 0.211. The summed E-state index contributed by atoms with van der Waals surface area (Å²) in [5, 5.41) is 8.81. The van der Waals surface area contributed by atoms with Crippen molar-refractivity contribution in [2.24, 2.45) is 0 Å². The molecule has 0 bridgehead atoms. The smallest absolute Gasteiger partial charge is 0.210 e. The van der Waals surface area contributed by atoms with Gasteiger partial charge in [0.05, 0.1) is 0 Å². The second kappa shape index (κ2) is 7.28. The van der Waals surface area contributed by atoms with Gasteiger partial charge in [-0.15, -0.1) is 6.58 Å². The van der Waals surface area contributed by atoms with Gasteiger partial charge < -0.3 is 0 Å². The Morgan fingerprint density at radius 3 is 2.89 bits per heavy atom. The summed E-state index contributed by atoms with van der Waals surface area (Å²) in [4.78, 5) is -0.330. The van der Waals surface area contributed by atoms with Gasteiger partial charge in [-0.1, -0.05) is 12.1 Å². The first-order valence-electron chi connectivity index (χ1n) is 5.40. The van der Waals surface area contributed by atoms with E-state index in [0.29, 0.717) is 5.75 Å². The van der Waals surface area contributed by atoms with Crippen molar-refractivity contribution in [1.82, 2.24) is 4.72 Å². The van der Waals surface area contributed by atoms with Crippen LogP contribution < -0.4 is 4.72 Å². The molecule has 1 N–H and O–H groups in total. The summed E-state index contributed by atoms with van der Waals surface area (Å²) in [6.45, 7) is 3.76. The van der Waals surface area contributed by atoms with Crippen LogP contribution >= 0.6 is 11.8 Å². The first-order valence-corrected chi connectivity index (χ1v) is 8.03. The van der Waals surface area contributed by atoms with Gasteiger partial charge >= 0.3 is 0 Å². The van der Waals surface area contributed by atoms with Crippen molar-refractivity contribution in [1.29, 1.82) is 5.26 Å². The summed E-state index contributed by atoms with van der Waals surface area (Å²) in [6, 6.07) is 5.09. The topological polar surface area (TPSA) is 70.0 Å². The highest BCUT2D eigenvalue weighted by Gasteiger charge is 2.20. The maximum Gasteiger partial charge on any atom is 0.242 e. The van der Waals surface area contributed by atoms with Crippen molar-refractivity contribution in [3.05, 3.63) is 42.2 Å². The van der Waals surface area contributed by atoms with Crippen molar-refractivity contribution in [2.45, 2.75) is 4.90 Å². The maximum absolute atomic E-state index is 13.3. The summed E-state index contributed by atoms with van der Waals surface area (Å²) in [5.74, 6) is 0.458. The molecular weight excluding hydrogens is 287 g/mol. The lowest BCUT2D eigenvalue weighted by Gasteiger charge is -2.08. The average Bonchev–Trinajstić information content (AvgIpc) is 2.38. The van der Waals surface area contributed by atoms with Crippen molar-refractivity contribution in [2.75, 3.05) is 18.1 Å². The zero-order valence-corrected chi connectivity index (χ0v) is 11.7. The standard InChI is InChI=1S/C12H13FN2O2S2/c1-2-7-18-8-6-15-19(16,17)12-5-3-4-11(13)10(12)9-14/h2-5,15H,1,6-8H2. The summed E-state index contributed by atoms with van der Waals surface area (Å²) in [6.07, 6.45) is 1.72. The van der Waals surface area contributed by atoms with E-state index in [4.69, 9.17) is 5.26 Å². The lowest BCUT2D eigenvalue weighted by molar-refractivity contribution is 0.579. The molecule has 19 heavy (non-hydrogen) atoms. The number of nitriles is 1. The van der Waals surface area contributed by atoms with Gasteiger partial charge in [0.2, 0.25) is 10.0 Å². The largest absolute Gasteiger partial charge is 0.242 e. The van der Waals surface area contributed by atoms with Crippen LogP contribution in [0.2, 0.25) is 0 Å². The van der Waals surface area contributed by atoms with Gasteiger partial charge in [-0.3, -0.25) is 0 Å². The molecule has 0 atom stereocenters. The number of thioether (sulfide) groups is 1. The number of benzene rings is 1. The van der Waals surface area contributed by atoms with Crippen LogP contribution in [0.1, 0.15) is 5.56 Å². The Hall–Kier alpha value is -1.36. The fourth-order valence-electron chi connectivity index (χ4n) is 1.33. The van der Waals surface area contributed by atoms with Gasteiger partial charge in [0.1, 0.15) is 22.3 Å². The molecule has 0 heterocycles. The molecule has 0 saturated heterocycles. The molecule has 0 amide bonds. The molecule has 0 aliphatic heterocycles. The van der Waals surface area contributed by atoms with Crippen molar-refractivity contribution in [3.8, 4) is 6.07 Å². The van der Waals surface area contributed by atoms with Gasteiger partial charge in [-0.25, -0.2) is 17.5 Å². The molecule has 0 spiro atoms. The van der Waals surface area contributed by atoms with Crippen LogP contribution in [0.25, 0.3) is 0 Å². The van der Waals surface area contributed by atoms with Crippen LogP contribution in [0, 0.1) is 17.1 Å². The number of hydrogen-bond acceptors (Lipinski definition) is 4. The molecule has 0 fully saturated rings. The Bertz CT molecular complexity index is 594. The van der Waals surface area contributed by atoms with E-state index in [0.717, 1.165) is 11.8 Å². The number of sulfonamides is 1. The van der Waals surface area contributed by atoms with Crippen LogP contribution in [0.3, 0.4) is 0 Å². The Labute approximate surface area is 116 Å². The van der Waals surface area contributed by atoms with Crippen LogP contribution in [0.5, 0.6) is 0 Å². The van der Waals surface area contributed by atoms with Gasteiger partial charge in [0.15, 0.2) is 0 Å². The van der Waals surface area contributed by atoms with E-state index < -0.39 is 21.4 Å². The fraction of sp³-hybridized carbons (Fsp3) is 0.250. The van der Waals surface area contributed by atoms with E-state index in [9.17, 15) is 12.8 Å². The molecule has 4 nitrogen and oxygen atoms in total. The SMILES string of the molecule is C=CCSCCNS(=O)(=O)c1cccc(F)c1C#N. The first-order chi connectivity index (χ1) is 9.03. The fourth-order valence-corrected chi connectivity index (χ4v) is 3.23. The highest BCUT2D eigenvalue weighted by molar-refractivity contribution is 7.99. The summed E-state index contributed by atoms with van der Waals surface area (Å²) >= 11 is 1.52. The molecule has 0 radical (unpaired) electrons. The Morgan fingerprint density at radius 1 is 1.53 bits per heavy atom. The molecule has 7 heteroatoms. The lowest BCUT2D eigenvalue weighted by Crippen LogP contribution is -2.27. The minimum atomic E-state index is -3.86. The van der Waals surface area contributed by atoms with Gasteiger partial charge in [0, 0.05) is 18.1 Å². The minimum Gasteiger partial charge on any atom is -0.210 e. The highest BCUT2D eigenvalue weighted by Crippen LogP contribution is 2.17. The molecule has 0 aliphatic rings. The molecule has 0 aliphatic carbocycles. The molecule has 0 unspecified atom stereocenters. The van der Waals surface area contributed by atoms with E-state index in [1.54, 1.807) is 12.1 Å². The lowest BCUT2D eigenvalue weighted by atomic mass is 10.2. The third-order valence-electron chi connectivity index (χ3n) is 2.15. The van der Waals surface area contributed by atoms with Crippen molar-refractivity contribution in [3.63, 3.8) is 0 Å². The van der Waals surface area contributed by atoms with Crippen molar-refractivity contribution >= 4 is 21.8 Å². The predicted octanol–water partition coefficient (Wildman–Crippen LogP) is 1.89. The van der Waals surface area contributed by atoms with Crippen molar-refractivity contribution < 1.29 is 12.8 Å². The van der Waals surface area contributed by atoms with E-state index in [1.807, 2.05) is 0 Å². The molecule has 1 rings (SSSR count). The first kappa shape index (κ1) is 15.7. The second-order valence-corrected chi connectivity index (χ2v) is 6.37. The quantitative estimate of drug-likeness (QED) is 0.617. The average molecular weight is 300 g/mol. The number of rotatable bonds is 7. The second-order valence-electron chi connectivity index (χ2n) is 3.49. The molecule has 1 aromatic carbocycles. The molecule has 0 aromatic heterocycles. The van der Waals surface area contributed by atoms with Crippen LogP contribution in [-0.2, 0) is 10.0 Å². The number of nitrogens with one attached hydrogen (secondary N) is 1. The molecule has 0 saturated carbocycles. The van der Waals surface area contributed by atoms with Gasteiger partial charge in [-0.05, 0) is 12.1 Å². The number of halogens is 1. The maximum atomic E-state index is 13.3. The normalized spacial score (nSPS) is 10.9. The van der Waals surface area contributed by atoms with E-state index in [-0.39, 0.29) is 11.4 Å². The van der Waals surface area contributed by atoms with Crippen LogP contribution in [0.15, 0.2) is 35.7 Å². The monoisotopic (exact) mass is 300 g/mol. The molecule has 102 valence electrons.